The molecule has 0 radical (unpaired) electrons. The monoisotopic (exact) mass is 532 g/mol. The summed E-state index contributed by atoms with van der Waals surface area (Å²) in [5, 5.41) is 14.6. The average Bonchev–Trinajstić information content (AvgIpc) is 2.88. The summed E-state index contributed by atoms with van der Waals surface area (Å²) in [6.45, 7) is 0.866. The van der Waals surface area contributed by atoms with E-state index in [2.05, 4.69) is 45.5 Å². The Labute approximate surface area is 226 Å². The molecule has 0 saturated heterocycles. The Balaban J connectivity index is 1.77. The van der Waals surface area contributed by atoms with Crippen LogP contribution in [0.2, 0.25) is 10.0 Å². The number of benzene rings is 3. The van der Waals surface area contributed by atoms with Gasteiger partial charge in [-0.15, -0.1) is 0 Å². The SMILES string of the molecule is COc1cc(Nc2c(C#N)cnc3cc(/C=C/c4cccc(CN(C)C)c4)c(OC)cc23)c(Cl)cc1Cl. The second kappa shape index (κ2) is 11.5. The number of rotatable bonds is 8. The molecule has 0 saturated carbocycles. The van der Waals surface area contributed by atoms with E-state index in [-0.39, 0.29) is 0 Å². The van der Waals surface area contributed by atoms with Gasteiger partial charge in [0.05, 0.1) is 46.7 Å². The largest absolute Gasteiger partial charge is 0.496 e. The highest BCUT2D eigenvalue weighted by Crippen LogP contribution is 2.39. The summed E-state index contributed by atoms with van der Waals surface area (Å²) < 4.78 is 11.0. The fourth-order valence-electron chi connectivity index (χ4n) is 4.02. The maximum absolute atomic E-state index is 9.78. The second-order valence-corrected chi connectivity index (χ2v) is 9.49. The van der Waals surface area contributed by atoms with Crippen molar-refractivity contribution in [1.29, 1.82) is 5.26 Å². The predicted octanol–water partition coefficient (Wildman–Crippen LogP) is 7.41. The normalized spacial score (nSPS) is 11.2. The summed E-state index contributed by atoms with van der Waals surface area (Å²) in [5.41, 5.74) is 5.35. The zero-order valence-corrected chi connectivity index (χ0v) is 22.5. The van der Waals surface area contributed by atoms with Crippen LogP contribution in [0, 0.1) is 11.3 Å². The van der Waals surface area contributed by atoms with Crippen LogP contribution in [0.1, 0.15) is 22.3 Å². The fourth-order valence-corrected chi connectivity index (χ4v) is 4.53. The molecule has 3 aromatic carbocycles. The lowest BCUT2D eigenvalue weighted by atomic mass is 10.0. The summed E-state index contributed by atoms with van der Waals surface area (Å²) in [7, 11) is 7.24. The number of fused-ring (bicyclic) bond motifs is 1. The van der Waals surface area contributed by atoms with Gasteiger partial charge >= 0.3 is 0 Å². The Morgan fingerprint density at radius 1 is 1.00 bits per heavy atom. The van der Waals surface area contributed by atoms with Gasteiger partial charge in [0.2, 0.25) is 0 Å². The van der Waals surface area contributed by atoms with E-state index in [0.29, 0.717) is 49.4 Å². The van der Waals surface area contributed by atoms with E-state index in [9.17, 15) is 5.26 Å². The minimum atomic E-state index is 0.362. The molecule has 4 rings (SSSR count). The Kier molecular flexibility index (Phi) is 8.20. The van der Waals surface area contributed by atoms with Crippen LogP contribution in [0.3, 0.4) is 0 Å². The van der Waals surface area contributed by atoms with Crippen LogP contribution < -0.4 is 14.8 Å². The molecule has 1 N–H and O–H groups in total. The van der Waals surface area contributed by atoms with E-state index in [4.69, 9.17) is 32.7 Å². The third-order valence-corrected chi connectivity index (χ3v) is 6.35. The first kappa shape index (κ1) is 26.3. The molecule has 37 heavy (non-hydrogen) atoms. The van der Waals surface area contributed by atoms with Crippen molar-refractivity contribution in [2.45, 2.75) is 6.54 Å². The molecule has 188 valence electrons. The Morgan fingerprint density at radius 3 is 2.49 bits per heavy atom. The van der Waals surface area contributed by atoms with E-state index in [1.807, 2.05) is 38.4 Å². The molecular weight excluding hydrogens is 507 g/mol. The Bertz CT molecular complexity index is 1530. The number of hydrogen-bond donors (Lipinski definition) is 1. The molecule has 0 unspecified atom stereocenters. The first-order valence-electron chi connectivity index (χ1n) is 11.5. The summed E-state index contributed by atoms with van der Waals surface area (Å²) in [4.78, 5) is 6.66. The van der Waals surface area contributed by atoms with E-state index in [1.165, 1.54) is 18.9 Å². The molecule has 0 atom stereocenters. The highest BCUT2D eigenvalue weighted by molar-refractivity contribution is 6.37. The van der Waals surface area contributed by atoms with E-state index in [0.717, 1.165) is 17.7 Å². The van der Waals surface area contributed by atoms with Crippen LogP contribution in [-0.4, -0.2) is 38.2 Å². The fraction of sp³-hybridized carbons (Fsp3) is 0.172. The van der Waals surface area contributed by atoms with Crippen LogP contribution in [0.5, 0.6) is 11.5 Å². The highest BCUT2D eigenvalue weighted by atomic mass is 35.5. The lowest BCUT2D eigenvalue weighted by Gasteiger charge is -2.16. The molecule has 0 bridgehead atoms. The van der Waals surface area contributed by atoms with Crippen LogP contribution in [0.25, 0.3) is 23.1 Å². The number of anilines is 2. The first-order chi connectivity index (χ1) is 17.8. The van der Waals surface area contributed by atoms with Gasteiger partial charge in [0.15, 0.2) is 0 Å². The third-order valence-electron chi connectivity index (χ3n) is 5.75. The lowest BCUT2D eigenvalue weighted by molar-refractivity contribution is 0.402. The minimum absolute atomic E-state index is 0.362. The first-order valence-corrected chi connectivity index (χ1v) is 12.2. The van der Waals surface area contributed by atoms with Crippen LogP contribution in [-0.2, 0) is 6.54 Å². The van der Waals surface area contributed by atoms with Crippen molar-refractivity contribution >= 4 is 57.6 Å². The molecule has 0 aliphatic heterocycles. The number of methoxy groups -OCH3 is 2. The van der Waals surface area contributed by atoms with Crippen LogP contribution >= 0.6 is 23.2 Å². The van der Waals surface area contributed by atoms with Gasteiger partial charge in [-0.25, -0.2) is 0 Å². The smallest absolute Gasteiger partial charge is 0.139 e. The van der Waals surface area contributed by atoms with Crippen molar-refractivity contribution in [3.8, 4) is 17.6 Å². The van der Waals surface area contributed by atoms with Crippen molar-refractivity contribution in [3.63, 3.8) is 0 Å². The molecule has 0 aliphatic carbocycles. The molecule has 0 spiro atoms. The Hall–Kier alpha value is -3.76. The van der Waals surface area contributed by atoms with Gasteiger partial charge in [-0.2, -0.15) is 5.26 Å². The standard InChI is InChI=1S/C29H26Cl2N4O2/c1-35(2)17-19-7-5-6-18(10-19)8-9-20-11-25-22(12-27(20)36-3)29(21(15-32)16-33-25)34-26-14-28(37-4)24(31)13-23(26)30/h5-14,16H,17H2,1-4H3,(H,33,34)/b9-8+. The molecule has 1 heterocycles. The number of halogens is 2. The number of nitrogens with zero attached hydrogens (tertiary/aromatic N) is 3. The predicted molar refractivity (Wildman–Crippen MR) is 152 cm³/mol. The van der Waals surface area contributed by atoms with Gasteiger partial charge in [-0.3, -0.25) is 4.98 Å². The number of pyridine rings is 1. The maximum atomic E-state index is 9.78. The van der Waals surface area contributed by atoms with Gasteiger partial charge in [0.1, 0.15) is 17.6 Å². The lowest BCUT2D eigenvalue weighted by Crippen LogP contribution is -2.10. The minimum Gasteiger partial charge on any atom is -0.496 e. The molecular formula is C29H26Cl2N4O2. The number of aromatic nitrogens is 1. The van der Waals surface area contributed by atoms with Crippen LogP contribution in [0.15, 0.2) is 54.7 Å². The number of ether oxygens (including phenoxy) is 2. The summed E-state index contributed by atoms with van der Waals surface area (Å²) >= 11 is 12.6. The summed E-state index contributed by atoms with van der Waals surface area (Å²) in [6.07, 6.45) is 5.59. The van der Waals surface area contributed by atoms with Gasteiger partial charge in [-0.1, -0.05) is 59.6 Å². The zero-order chi connectivity index (χ0) is 26.5. The number of nitrogens with one attached hydrogen (secondary N) is 1. The van der Waals surface area contributed by atoms with E-state index in [1.54, 1.807) is 19.2 Å². The molecule has 6 nitrogen and oxygen atoms in total. The third kappa shape index (κ3) is 5.98. The molecule has 0 amide bonds. The molecule has 1 aromatic heterocycles. The van der Waals surface area contributed by atoms with Gasteiger partial charge < -0.3 is 19.7 Å². The topological polar surface area (TPSA) is 70.4 Å². The molecule has 0 aliphatic rings. The van der Waals surface area contributed by atoms with Crippen molar-refractivity contribution in [3.05, 3.63) is 87.0 Å². The zero-order valence-electron chi connectivity index (χ0n) is 21.0. The second-order valence-electron chi connectivity index (χ2n) is 8.68. The molecule has 4 aromatic rings. The molecule has 0 fully saturated rings. The van der Waals surface area contributed by atoms with Crippen LogP contribution in [0.4, 0.5) is 11.4 Å². The van der Waals surface area contributed by atoms with Crippen molar-refractivity contribution in [2.24, 2.45) is 0 Å². The van der Waals surface area contributed by atoms with Crippen molar-refractivity contribution in [1.82, 2.24) is 9.88 Å². The van der Waals surface area contributed by atoms with E-state index >= 15 is 0 Å². The van der Waals surface area contributed by atoms with Crippen molar-refractivity contribution < 1.29 is 9.47 Å². The summed E-state index contributed by atoms with van der Waals surface area (Å²) in [5.74, 6) is 1.11. The van der Waals surface area contributed by atoms with Gasteiger partial charge in [-0.05, 0) is 43.4 Å². The Morgan fingerprint density at radius 2 is 1.78 bits per heavy atom. The van der Waals surface area contributed by atoms with Crippen molar-refractivity contribution in [2.75, 3.05) is 33.6 Å². The van der Waals surface area contributed by atoms with Gasteiger partial charge in [0.25, 0.3) is 0 Å². The number of hydrogen-bond acceptors (Lipinski definition) is 6. The average molecular weight is 533 g/mol. The maximum Gasteiger partial charge on any atom is 0.139 e. The quantitative estimate of drug-likeness (QED) is 0.238. The molecule has 8 heteroatoms. The number of nitriles is 1. The van der Waals surface area contributed by atoms with Gasteiger partial charge in [0, 0.05) is 29.8 Å². The van der Waals surface area contributed by atoms with E-state index < -0.39 is 0 Å². The summed E-state index contributed by atoms with van der Waals surface area (Å²) in [6, 6.07) is 17.7. The highest BCUT2D eigenvalue weighted by Gasteiger charge is 2.15.